The van der Waals surface area contributed by atoms with Gasteiger partial charge in [-0.05, 0) is 44.2 Å². The van der Waals surface area contributed by atoms with E-state index in [1.54, 1.807) is 7.11 Å². The van der Waals surface area contributed by atoms with E-state index >= 15 is 0 Å². The van der Waals surface area contributed by atoms with Crippen LogP contribution in [-0.2, 0) is 0 Å². The number of rotatable bonds is 6. The van der Waals surface area contributed by atoms with Crippen molar-refractivity contribution in [1.82, 2.24) is 5.32 Å². The van der Waals surface area contributed by atoms with Gasteiger partial charge in [-0.2, -0.15) is 0 Å². The molecule has 1 aliphatic carbocycles. The number of hydrogen-bond acceptors (Lipinski definition) is 3. The first-order valence-electron chi connectivity index (χ1n) is 6.31. The molecule has 1 aliphatic rings. The van der Waals surface area contributed by atoms with Gasteiger partial charge in [0.25, 0.3) is 0 Å². The highest BCUT2D eigenvalue weighted by Gasteiger charge is 2.35. The summed E-state index contributed by atoms with van der Waals surface area (Å²) in [4.78, 5) is 0. The lowest BCUT2D eigenvalue weighted by Gasteiger charge is -2.42. The van der Waals surface area contributed by atoms with E-state index in [0.717, 1.165) is 18.8 Å². The van der Waals surface area contributed by atoms with Crippen molar-refractivity contribution < 1.29 is 4.74 Å². The maximum atomic E-state index is 5.15. The van der Waals surface area contributed by atoms with Gasteiger partial charge in [-0.15, -0.1) is 0 Å². The maximum Gasteiger partial charge on any atom is 0.119 e. The predicted octanol–water partition coefficient (Wildman–Crippen LogP) is 2.50. The van der Waals surface area contributed by atoms with Crippen LogP contribution in [0.2, 0.25) is 0 Å². The Labute approximate surface area is 104 Å². The average Bonchev–Trinajstić information content (AvgIpc) is 2.33. The zero-order valence-electron chi connectivity index (χ0n) is 10.8. The summed E-state index contributed by atoms with van der Waals surface area (Å²) in [6, 6.07) is 8.14. The van der Waals surface area contributed by atoms with Crippen molar-refractivity contribution in [3.05, 3.63) is 24.3 Å². The Bertz CT molecular complexity index is 344. The molecule has 3 nitrogen and oxygen atoms in total. The predicted molar refractivity (Wildman–Crippen MR) is 71.7 cm³/mol. The van der Waals surface area contributed by atoms with E-state index < -0.39 is 0 Å². The lowest BCUT2D eigenvalue weighted by molar-refractivity contribution is 0.151. The van der Waals surface area contributed by atoms with Crippen LogP contribution in [0, 0.1) is 5.41 Å². The summed E-state index contributed by atoms with van der Waals surface area (Å²) >= 11 is 0. The van der Waals surface area contributed by atoms with Gasteiger partial charge in [-0.25, -0.2) is 0 Å². The van der Waals surface area contributed by atoms with Crippen LogP contribution in [-0.4, -0.2) is 27.2 Å². The monoisotopic (exact) mass is 234 g/mol. The number of methoxy groups -OCH3 is 1. The molecule has 94 valence electrons. The molecule has 17 heavy (non-hydrogen) atoms. The van der Waals surface area contributed by atoms with Crippen molar-refractivity contribution in [2.24, 2.45) is 5.41 Å². The molecular formula is C14H22N2O. The molecule has 0 saturated heterocycles. The average molecular weight is 234 g/mol. The topological polar surface area (TPSA) is 33.3 Å². The van der Waals surface area contributed by atoms with Gasteiger partial charge < -0.3 is 15.4 Å². The summed E-state index contributed by atoms with van der Waals surface area (Å²) < 4.78 is 5.15. The molecule has 2 N–H and O–H groups in total. The van der Waals surface area contributed by atoms with Crippen LogP contribution in [0.5, 0.6) is 5.75 Å². The van der Waals surface area contributed by atoms with Gasteiger partial charge in [0.1, 0.15) is 5.75 Å². The fourth-order valence-electron chi connectivity index (χ4n) is 2.47. The van der Waals surface area contributed by atoms with Gasteiger partial charge >= 0.3 is 0 Å². The molecule has 0 aliphatic heterocycles. The summed E-state index contributed by atoms with van der Waals surface area (Å²) in [5, 5.41) is 6.83. The fourth-order valence-corrected chi connectivity index (χ4v) is 2.47. The molecule has 1 saturated carbocycles. The lowest BCUT2D eigenvalue weighted by atomic mass is 9.68. The molecule has 0 atom stereocenters. The highest BCUT2D eigenvalue weighted by Crippen LogP contribution is 2.40. The normalized spacial score (nSPS) is 17.3. The van der Waals surface area contributed by atoms with Crippen LogP contribution in [0.3, 0.4) is 0 Å². The van der Waals surface area contributed by atoms with Crippen LogP contribution >= 0.6 is 0 Å². The van der Waals surface area contributed by atoms with E-state index in [2.05, 4.69) is 22.8 Å². The lowest BCUT2D eigenvalue weighted by Crippen LogP contribution is -2.44. The fraction of sp³-hybridized carbons (Fsp3) is 0.571. The third-order valence-electron chi connectivity index (χ3n) is 3.72. The first-order valence-corrected chi connectivity index (χ1v) is 6.31. The Balaban J connectivity index is 1.87. The van der Waals surface area contributed by atoms with Crippen molar-refractivity contribution in [2.45, 2.75) is 19.3 Å². The summed E-state index contributed by atoms with van der Waals surface area (Å²) in [6.07, 6.45) is 4.03. The van der Waals surface area contributed by atoms with E-state index in [9.17, 15) is 0 Å². The molecule has 0 aromatic heterocycles. The Hall–Kier alpha value is -1.22. The van der Waals surface area contributed by atoms with Gasteiger partial charge in [-0.3, -0.25) is 0 Å². The van der Waals surface area contributed by atoms with Crippen LogP contribution in [0.15, 0.2) is 24.3 Å². The minimum atomic E-state index is 0.467. The van der Waals surface area contributed by atoms with E-state index in [-0.39, 0.29) is 0 Å². The number of benzene rings is 1. The van der Waals surface area contributed by atoms with E-state index in [0.29, 0.717) is 5.41 Å². The summed E-state index contributed by atoms with van der Waals surface area (Å²) in [6.45, 7) is 2.16. The van der Waals surface area contributed by atoms with Crippen LogP contribution < -0.4 is 15.4 Å². The van der Waals surface area contributed by atoms with E-state index in [1.165, 1.54) is 24.9 Å². The third kappa shape index (κ3) is 2.91. The Kier molecular flexibility index (Phi) is 3.89. The maximum absolute atomic E-state index is 5.15. The molecule has 0 heterocycles. The summed E-state index contributed by atoms with van der Waals surface area (Å²) in [7, 11) is 3.73. The molecule has 1 aromatic carbocycles. The number of hydrogen-bond donors (Lipinski definition) is 2. The van der Waals surface area contributed by atoms with Crippen molar-refractivity contribution in [1.29, 1.82) is 0 Å². The van der Waals surface area contributed by atoms with Crippen molar-refractivity contribution in [3.63, 3.8) is 0 Å². The first-order chi connectivity index (χ1) is 8.28. The van der Waals surface area contributed by atoms with Crippen molar-refractivity contribution >= 4 is 5.69 Å². The highest BCUT2D eigenvalue weighted by atomic mass is 16.5. The first kappa shape index (κ1) is 12.2. The van der Waals surface area contributed by atoms with Crippen molar-refractivity contribution in [2.75, 3.05) is 32.6 Å². The Morgan fingerprint density at radius 1 is 1.18 bits per heavy atom. The molecule has 0 radical (unpaired) electrons. The van der Waals surface area contributed by atoms with Crippen LogP contribution in [0.4, 0.5) is 5.69 Å². The van der Waals surface area contributed by atoms with E-state index in [1.807, 2.05) is 19.2 Å². The highest BCUT2D eigenvalue weighted by molar-refractivity contribution is 5.46. The molecule has 1 aromatic rings. The smallest absolute Gasteiger partial charge is 0.119 e. The molecule has 0 amide bonds. The van der Waals surface area contributed by atoms with Gasteiger partial charge in [0.05, 0.1) is 7.11 Å². The van der Waals surface area contributed by atoms with E-state index in [4.69, 9.17) is 4.74 Å². The SMILES string of the molecule is CNCC1(CNc2ccc(OC)cc2)CCC1. The number of nitrogens with one attached hydrogen (secondary N) is 2. The molecule has 0 spiro atoms. The Morgan fingerprint density at radius 2 is 1.88 bits per heavy atom. The largest absolute Gasteiger partial charge is 0.497 e. The van der Waals surface area contributed by atoms with Gasteiger partial charge in [0.15, 0.2) is 0 Å². The third-order valence-corrected chi connectivity index (χ3v) is 3.72. The van der Waals surface area contributed by atoms with Crippen LogP contribution in [0.1, 0.15) is 19.3 Å². The minimum absolute atomic E-state index is 0.467. The molecule has 1 fully saturated rings. The number of ether oxygens (including phenoxy) is 1. The van der Waals surface area contributed by atoms with Gasteiger partial charge in [-0.1, -0.05) is 6.42 Å². The summed E-state index contributed by atoms with van der Waals surface area (Å²) in [5.74, 6) is 0.907. The quantitative estimate of drug-likeness (QED) is 0.793. The second kappa shape index (κ2) is 5.41. The zero-order valence-corrected chi connectivity index (χ0v) is 10.8. The minimum Gasteiger partial charge on any atom is -0.497 e. The van der Waals surface area contributed by atoms with Crippen LogP contribution in [0.25, 0.3) is 0 Å². The molecule has 3 heteroatoms. The molecule has 0 unspecified atom stereocenters. The number of anilines is 1. The summed E-state index contributed by atoms with van der Waals surface area (Å²) in [5.41, 5.74) is 1.64. The molecule has 2 rings (SSSR count). The Morgan fingerprint density at radius 3 is 2.35 bits per heavy atom. The second-order valence-corrected chi connectivity index (χ2v) is 4.97. The van der Waals surface area contributed by atoms with Gasteiger partial charge in [0, 0.05) is 24.2 Å². The molecular weight excluding hydrogens is 212 g/mol. The zero-order chi connectivity index (χ0) is 12.1. The second-order valence-electron chi connectivity index (χ2n) is 4.97. The van der Waals surface area contributed by atoms with Gasteiger partial charge in [0.2, 0.25) is 0 Å². The van der Waals surface area contributed by atoms with Crippen molar-refractivity contribution in [3.8, 4) is 5.75 Å². The molecule has 0 bridgehead atoms. The standard InChI is InChI=1S/C14H22N2O/c1-15-10-14(8-3-9-14)11-16-12-4-6-13(17-2)7-5-12/h4-7,15-16H,3,8-11H2,1-2H3.